The maximum atomic E-state index is 15.1. The first-order chi connectivity index (χ1) is 33.3. The minimum Gasteiger partial charge on any atom is -0.458 e. The van der Waals surface area contributed by atoms with Gasteiger partial charge in [0, 0.05) is 38.2 Å². The molecule has 0 radical (unpaired) electrons. The number of rotatable bonds is 15. The fourth-order valence-electron chi connectivity index (χ4n) is 8.91. The van der Waals surface area contributed by atoms with Gasteiger partial charge in [-0.05, 0) is 147 Å². The number of fused-ring (bicyclic) bond motifs is 1. The summed E-state index contributed by atoms with van der Waals surface area (Å²) >= 11 is 6.06. The number of carbonyl (C=O) groups excluding carboxylic acids is 6. The normalized spacial score (nSPS) is 18.7. The minimum absolute atomic E-state index is 0.0435. The number of halogens is 2. The third-order valence-electron chi connectivity index (χ3n) is 12.0. The van der Waals surface area contributed by atoms with Crippen LogP contribution in [0, 0.1) is 5.82 Å². The van der Waals surface area contributed by atoms with Gasteiger partial charge in [-0.25, -0.2) is 18.8 Å². The highest BCUT2D eigenvalue weighted by molar-refractivity contribution is 6.31. The Hall–Kier alpha value is -6.33. The maximum Gasteiger partial charge on any atom is 0.408 e. The Labute approximate surface area is 419 Å². The van der Waals surface area contributed by atoms with E-state index in [1.165, 1.54) is 29.2 Å². The number of nitrogens with one attached hydrogen (secondary N) is 2. The fraction of sp³-hybridized carbons (Fsp3) is 0.491. The predicted octanol–water partition coefficient (Wildman–Crippen LogP) is 7.35. The maximum absolute atomic E-state index is 15.1. The first-order valence-corrected chi connectivity index (χ1v) is 24.3. The van der Waals surface area contributed by atoms with Crippen molar-refractivity contribution in [3.63, 3.8) is 0 Å². The van der Waals surface area contributed by atoms with Crippen molar-refractivity contribution in [1.82, 2.24) is 20.4 Å². The number of hydrogen-bond donors (Lipinski definition) is 3. The molecule has 0 aliphatic carbocycles. The average molecular weight is 1000 g/mol. The minimum atomic E-state index is -1.88. The van der Waals surface area contributed by atoms with E-state index < -0.39 is 70.2 Å². The van der Waals surface area contributed by atoms with E-state index >= 15 is 4.39 Å². The molecule has 0 aromatic heterocycles. The zero-order valence-electron chi connectivity index (χ0n) is 42.0. The van der Waals surface area contributed by atoms with Gasteiger partial charge in [0.1, 0.15) is 22.8 Å². The number of amides is 4. The Balaban J connectivity index is 1.17. The zero-order chi connectivity index (χ0) is 52.1. The van der Waals surface area contributed by atoms with E-state index in [0.29, 0.717) is 62.9 Å². The van der Waals surface area contributed by atoms with Gasteiger partial charge in [-0.3, -0.25) is 19.3 Å². The van der Waals surface area contributed by atoms with Crippen molar-refractivity contribution in [2.75, 3.05) is 32.7 Å². The molecule has 382 valence electrons. The monoisotopic (exact) mass is 1000 g/mol. The Morgan fingerprint density at radius 3 is 2.15 bits per heavy atom. The highest BCUT2D eigenvalue weighted by atomic mass is 35.5. The van der Waals surface area contributed by atoms with Gasteiger partial charge in [-0.15, -0.1) is 0 Å². The molecule has 3 aromatic rings. The fourth-order valence-corrected chi connectivity index (χ4v) is 9.09. The second-order valence-electron chi connectivity index (χ2n) is 21.0. The smallest absolute Gasteiger partial charge is 0.408 e. The Kier molecular flexibility index (Phi) is 16.7. The number of unbranched alkanes of at least 4 members (excludes halogenated alkanes) is 1. The summed E-state index contributed by atoms with van der Waals surface area (Å²) < 4.78 is 31.6. The number of carbonyl (C=O) groups is 6. The van der Waals surface area contributed by atoms with Crippen molar-refractivity contribution < 1.29 is 52.2 Å². The zero-order valence-corrected chi connectivity index (χ0v) is 42.8. The molecule has 4 N–H and O–H groups in total. The summed E-state index contributed by atoms with van der Waals surface area (Å²) in [6, 6.07) is 15.4. The quantitative estimate of drug-likeness (QED) is 0.0779. The predicted molar refractivity (Wildman–Crippen MR) is 266 cm³/mol. The summed E-state index contributed by atoms with van der Waals surface area (Å²) in [6.07, 6.45) is 2.30. The molecule has 0 bridgehead atoms. The van der Waals surface area contributed by atoms with Crippen LogP contribution in [0.3, 0.4) is 0 Å². The number of nitrogens with zero attached hydrogens (tertiary/aromatic N) is 3. The van der Waals surface area contributed by atoms with Crippen molar-refractivity contribution in [3.05, 3.63) is 111 Å². The van der Waals surface area contributed by atoms with Crippen molar-refractivity contribution in [1.29, 1.82) is 0 Å². The molecule has 3 aromatic carbocycles. The van der Waals surface area contributed by atoms with Gasteiger partial charge < -0.3 is 40.3 Å². The molecule has 3 aliphatic rings. The first kappa shape index (κ1) is 54.0. The number of oxime groups is 1. The molecule has 3 atom stereocenters. The summed E-state index contributed by atoms with van der Waals surface area (Å²) in [6.45, 7) is 17.3. The van der Waals surface area contributed by atoms with Crippen LogP contribution in [0.2, 0.25) is 5.02 Å². The average Bonchev–Trinajstić information content (AvgIpc) is 3.77. The number of nitrogens with two attached hydrogens (primary N) is 1. The largest absolute Gasteiger partial charge is 0.458 e. The highest BCUT2D eigenvalue weighted by Gasteiger charge is 2.54. The summed E-state index contributed by atoms with van der Waals surface area (Å²) in [5.74, 6) is -3.43. The molecule has 16 nitrogen and oxygen atoms in total. The molecule has 0 saturated carbocycles. The lowest BCUT2D eigenvalue weighted by atomic mass is 9.72. The van der Waals surface area contributed by atoms with Crippen LogP contribution in [-0.4, -0.2) is 113 Å². The van der Waals surface area contributed by atoms with Gasteiger partial charge in [-0.1, -0.05) is 59.2 Å². The molecule has 0 spiro atoms. The second kappa shape index (κ2) is 22.0. The van der Waals surface area contributed by atoms with Crippen molar-refractivity contribution >= 4 is 58.6 Å². The van der Waals surface area contributed by atoms with Gasteiger partial charge in [0.2, 0.25) is 12.0 Å². The summed E-state index contributed by atoms with van der Waals surface area (Å²) in [4.78, 5) is 89.9. The van der Waals surface area contributed by atoms with Gasteiger partial charge in [0.05, 0.1) is 22.8 Å². The Morgan fingerprint density at radius 2 is 1.52 bits per heavy atom. The molecule has 3 heterocycles. The van der Waals surface area contributed by atoms with Crippen LogP contribution < -0.4 is 16.4 Å². The number of ether oxygens (including phenoxy) is 3. The molecule has 18 heteroatoms. The van der Waals surface area contributed by atoms with Crippen molar-refractivity contribution in [2.24, 2.45) is 10.9 Å². The Bertz CT molecular complexity index is 2580. The van der Waals surface area contributed by atoms with Crippen LogP contribution in [0.4, 0.5) is 9.18 Å². The van der Waals surface area contributed by atoms with Gasteiger partial charge in [0.25, 0.3) is 11.8 Å². The SMILES string of the molecule is CC(C)(C)OC(=O)N[C@@H](CCCCNC(=O)CN1CC=C(c2cccc3c2CCN(C(=O)[C@H]2CC(c4cccc(Cl)c4F)=NO2)[C@@]3(C(N)=O)c2ccc(C(=O)OC(C)(C)C)cc2)CC1)C(=O)OC(C)(C)C. The van der Waals surface area contributed by atoms with Crippen molar-refractivity contribution in [3.8, 4) is 0 Å². The van der Waals surface area contributed by atoms with Crippen LogP contribution in [-0.2, 0) is 50.2 Å². The molecule has 71 heavy (non-hydrogen) atoms. The molecular weight excluding hydrogens is 935 g/mol. The topological polar surface area (TPSA) is 208 Å². The van der Waals surface area contributed by atoms with E-state index in [2.05, 4.69) is 21.9 Å². The molecule has 0 fully saturated rings. The van der Waals surface area contributed by atoms with E-state index in [4.69, 9.17) is 36.4 Å². The van der Waals surface area contributed by atoms with E-state index in [1.807, 2.05) is 17.0 Å². The van der Waals surface area contributed by atoms with Crippen LogP contribution in [0.15, 0.2) is 71.9 Å². The summed E-state index contributed by atoms with van der Waals surface area (Å²) in [7, 11) is 0. The lowest BCUT2D eigenvalue weighted by Gasteiger charge is -2.47. The molecular formula is C53H66ClFN6O10. The van der Waals surface area contributed by atoms with Crippen LogP contribution in [0.25, 0.3) is 5.57 Å². The summed E-state index contributed by atoms with van der Waals surface area (Å²) in [5.41, 5.74) is 6.34. The van der Waals surface area contributed by atoms with Crippen molar-refractivity contribution in [2.45, 2.75) is 135 Å². The first-order valence-electron chi connectivity index (χ1n) is 23.9. The van der Waals surface area contributed by atoms with E-state index in [1.54, 1.807) is 86.6 Å². The lowest BCUT2D eigenvalue weighted by molar-refractivity contribution is -0.157. The molecule has 3 aliphatic heterocycles. The molecule has 4 amide bonds. The van der Waals surface area contributed by atoms with Crippen LogP contribution in [0.5, 0.6) is 0 Å². The molecule has 0 saturated heterocycles. The third kappa shape index (κ3) is 13.4. The summed E-state index contributed by atoms with van der Waals surface area (Å²) in [5, 5.41) is 9.55. The number of esters is 2. The third-order valence-corrected chi connectivity index (χ3v) is 12.2. The van der Waals surface area contributed by atoms with E-state index in [0.717, 1.165) is 16.7 Å². The lowest BCUT2D eigenvalue weighted by Crippen LogP contribution is -2.62. The molecule has 0 unspecified atom stereocenters. The number of benzene rings is 3. The van der Waals surface area contributed by atoms with Gasteiger partial charge >= 0.3 is 18.0 Å². The van der Waals surface area contributed by atoms with Gasteiger partial charge in [0.15, 0.2) is 11.4 Å². The molecule has 6 rings (SSSR count). The second-order valence-corrected chi connectivity index (χ2v) is 21.4. The van der Waals surface area contributed by atoms with E-state index in [-0.39, 0.29) is 47.3 Å². The van der Waals surface area contributed by atoms with Crippen LogP contribution in [0.1, 0.15) is 133 Å². The van der Waals surface area contributed by atoms with Gasteiger partial charge in [-0.2, -0.15) is 0 Å². The van der Waals surface area contributed by atoms with E-state index in [9.17, 15) is 28.8 Å². The number of alkyl carbamates (subject to hydrolysis) is 1. The highest BCUT2D eigenvalue weighted by Crippen LogP contribution is 2.45. The number of primary amides is 1. The number of hydrogen-bond acceptors (Lipinski definition) is 12. The Morgan fingerprint density at radius 1 is 0.859 bits per heavy atom. The standard InChI is InChI=1S/C53H66ClFN6O10/c1-50(2,3)68-46(64)33-19-21-34(22-20-33)53(48(56)66)38-16-12-14-35(36(38)25-29-61(53)45(63)42-30-41(59-71-42)37-15-13-17-39(54)44(37)55)32-23-27-60(28-24-32)31-43(62)57-26-11-10-18-40(47(65)69-51(4,5)6)58-49(67)70-52(7,8)9/h12-17,19-23,40,42H,10-11,18,24-31H2,1-9H3,(H2,56,66)(H,57,62)(H,58,67)/t40-,42+,53-/m0/s1. The van der Waals surface area contributed by atoms with Crippen LogP contribution >= 0.6 is 11.6 Å².